The first kappa shape index (κ1) is 14.9. The Morgan fingerprint density at radius 3 is 2.22 bits per heavy atom. The number of ketones is 1. The first-order chi connectivity index (χ1) is 8.71. The number of ether oxygens (including phenoxy) is 1. The highest BCUT2D eigenvalue weighted by Crippen LogP contribution is 2.10. The second kappa shape index (κ2) is 8.04. The largest absolute Gasteiger partial charge is 0.371 e. The predicted octanol–water partition coefficient (Wildman–Crippen LogP) is 3.57. The topological polar surface area (TPSA) is 26.3 Å². The van der Waals surface area contributed by atoms with Gasteiger partial charge in [-0.15, -0.1) is 0 Å². The molecule has 0 fully saturated rings. The third-order valence-electron chi connectivity index (χ3n) is 3.09. The van der Waals surface area contributed by atoms with Crippen molar-refractivity contribution in [2.75, 3.05) is 6.61 Å². The van der Waals surface area contributed by atoms with Crippen molar-refractivity contribution in [2.24, 2.45) is 0 Å². The summed E-state index contributed by atoms with van der Waals surface area (Å²) in [5, 5.41) is 0. The quantitative estimate of drug-likeness (QED) is 0.703. The standard InChI is InChI=1S/C16H24O2/c1-4-7-16(18-6-3)15(17)12-14-10-8-13(5-2)9-11-14/h8-11,16H,4-7,12H2,1-3H3. The van der Waals surface area contributed by atoms with E-state index in [4.69, 9.17) is 4.74 Å². The average molecular weight is 248 g/mol. The molecule has 18 heavy (non-hydrogen) atoms. The van der Waals surface area contributed by atoms with Crippen molar-refractivity contribution >= 4 is 5.78 Å². The Labute approximate surface area is 110 Å². The van der Waals surface area contributed by atoms with Crippen molar-refractivity contribution < 1.29 is 9.53 Å². The lowest BCUT2D eigenvalue weighted by molar-refractivity contribution is -0.130. The van der Waals surface area contributed by atoms with Crippen molar-refractivity contribution in [2.45, 2.75) is 52.6 Å². The lowest BCUT2D eigenvalue weighted by Crippen LogP contribution is -2.25. The summed E-state index contributed by atoms with van der Waals surface area (Å²) in [7, 11) is 0. The fourth-order valence-electron chi connectivity index (χ4n) is 2.01. The van der Waals surface area contributed by atoms with Crippen molar-refractivity contribution in [1.29, 1.82) is 0 Å². The molecule has 0 radical (unpaired) electrons. The molecule has 0 saturated carbocycles. The van der Waals surface area contributed by atoms with Crippen LogP contribution >= 0.6 is 0 Å². The van der Waals surface area contributed by atoms with Gasteiger partial charge in [0, 0.05) is 13.0 Å². The molecule has 100 valence electrons. The molecule has 1 aromatic carbocycles. The van der Waals surface area contributed by atoms with Gasteiger partial charge in [-0.3, -0.25) is 4.79 Å². The molecule has 0 N–H and O–H groups in total. The van der Waals surface area contributed by atoms with E-state index in [-0.39, 0.29) is 11.9 Å². The predicted molar refractivity (Wildman–Crippen MR) is 74.9 cm³/mol. The number of carbonyl (C=O) groups excluding carboxylic acids is 1. The second-order valence-corrected chi connectivity index (χ2v) is 4.55. The van der Waals surface area contributed by atoms with Gasteiger partial charge in [0.2, 0.25) is 0 Å². The van der Waals surface area contributed by atoms with Crippen LogP contribution in [0.15, 0.2) is 24.3 Å². The molecular weight excluding hydrogens is 224 g/mol. The van der Waals surface area contributed by atoms with Crippen LogP contribution < -0.4 is 0 Å². The van der Waals surface area contributed by atoms with Crippen LogP contribution in [0.2, 0.25) is 0 Å². The van der Waals surface area contributed by atoms with Crippen molar-refractivity contribution in [3.8, 4) is 0 Å². The fraction of sp³-hybridized carbons (Fsp3) is 0.562. The number of Topliss-reactive ketones (excluding diaryl/α,β-unsaturated/α-hetero) is 1. The van der Waals surface area contributed by atoms with Crippen LogP contribution in [-0.2, 0) is 22.4 Å². The van der Waals surface area contributed by atoms with E-state index >= 15 is 0 Å². The van der Waals surface area contributed by atoms with Gasteiger partial charge < -0.3 is 4.74 Å². The van der Waals surface area contributed by atoms with E-state index in [1.165, 1.54) is 5.56 Å². The average Bonchev–Trinajstić information content (AvgIpc) is 2.39. The molecule has 0 aliphatic rings. The summed E-state index contributed by atoms with van der Waals surface area (Å²) in [6, 6.07) is 8.29. The van der Waals surface area contributed by atoms with Crippen LogP contribution in [0.5, 0.6) is 0 Å². The molecule has 0 amide bonds. The zero-order chi connectivity index (χ0) is 13.4. The van der Waals surface area contributed by atoms with Crippen LogP contribution in [0, 0.1) is 0 Å². The Bertz CT molecular complexity index is 348. The monoisotopic (exact) mass is 248 g/mol. The van der Waals surface area contributed by atoms with Gasteiger partial charge in [0.05, 0.1) is 0 Å². The number of benzene rings is 1. The lowest BCUT2D eigenvalue weighted by Gasteiger charge is -2.15. The van der Waals surface area contributed by atoms with Crippen LogP contribution in [0.3, 0.4) is 0 Å². The van der Waals surface area contributed by atoms with Crippen molar-refractivity contribution in [3.05, 3.63) is 35.4 Å². The number of aryl methyl sites for hydroxylation is 1. The number of hydrogen-bond acceptors (Lipinski definition) is 2. The summed E-state index contributed by atoms with van der Waals surface area (Å²) < 4.78 is 5.51. The van der Waals surface area contributed by atoms with Gasteiger partial charge in [-0.2, -0.15) is 0 Å². The number of hydrogen-bond donors (Lipinski definition) is 0. The van der Waals surface area contributed by atoms with Crippen molar-refractivity contribution in [3.63, 3.8) is 0 Å². The first-order valence-electron chi connectivity index (χ1n) is 6.93. The van der Waals surface area contributed by atoms with Gasteiger partial charge in [0.25, 0.3) is 0 Å². The zero-order valence-corrected chi connectivity index (χ0v) is 11.7. The highest BCUT2D eigenvalue weighted by Gasteiger charge is 2.17. The summed E-state index contributed by atoms with van der Waals surface area (Å²) in [5.74, 6) is 0.197. The van der Waals surface area contributed by atoms with Crippen LogP contribution in [-0.4, -0.2) is 18.5 Å². The Morgan fingerprint density at radius 2 is 1.72 bits per heavy atom. The van der Waals surface area contributed by atoms with Gasteiger partial charge in [0.1, 0.15) is 6.10 Å². The van der Waals surface area contributed by atoms with E-state index in [0.717, 1.165) is 24.8 Å². The summed E-state index contributed by atoms with van der Waals surface area (Å²) in [4.78, 5) is 12.1. The Morgan fingerprint density at radius 1 is 1.11 bits per heavy atom. The molecule has 0 aromatic heterocycles. The van der Waals surface area contributed by atoms with Gasteiger partial charge in [-0.05, 0) is 30.9 Å². The van der Waals surface area contributed by atoms with Crippen LogP contribution in [0.1, 0.15) is 44.7 Å². The maximum absolute atomic E-state index is 12.1. The van der Waals surface area contributed by atoms with E-state index < -0.39 is 0 Å². The van der Waals surface area contributed by atoms with E-state index in [9.17, 15) is 4.79 Å². The van der Waals surface area contributed by atoms with Crippen LogP contribution in [0.25, 0.3) is 0 Å². The third-order valence-corrected chi connectivity index (χ3v) is 3.09. The Hall–Kier alpha value is -1.15. The molecule has 0 heterocycles. The summed E-state index contributed by atoms with van der Waals surface area (Å²) >= 11 is 0. The van der Waals surface area contributed by atoms with E-state index in [1.54, 1.807) is 0 Å². The first-order valence-corrected chi connectivity index (χ1v) is 6.93. The molecule has 1 rings (SSSR count). The fourth-order valence-corrected chi connectivity index (χ4v) is 2.01. The molecule has 1 atom stereocenters. The molecule has 0 saturated heterocycles. The molecule has 0 aliphatic carbocycles. The minimum Gasteiger partial charge on any atom is -0.371 e. The maximum Gasteiger partial charge on any atom is 0.165 e. The molecule has 1 unspecified atom stereocenters. The van der Waals surface area contributed by atoms with Gasteiger partial charge in [0.15, 0.2) is 5.78 Å². The summed E-state index contributed by atoms with van der Waals surface area (Å²) in [6.07, 6.45) is 3.08. The van der Waals surface area contributed by atoms with Crippen LogP contribution in [0.4, 0.5) is 0 Å². The summed E-state index contributed by atoms with van der Waals surface area (Å²) in [5.41, 5.74) is 2.39. The lowest BCUT2D eigenvalue weighted by atomic mass is 10.0. The molecular formula is C16H24O2. The maximum atomic E-state index is 12.1. The van der Waals surface area contributed by atoms with Gasteiger partial charge in [-0.1, -0.05) is 44.5 Å². The molecule has 0 spiro atoms. The molecule has 0 aliphatic heterocycles. The van der Waals surface area contributed by atoms with Crippen molar-refractivity contribution in [1.82, 2.24) is 0 Å². The number of rotatable bonds is 8. The highest BCUT2D eigenvalue weighted by molar-refractivity contribution is 5.85. The molecule has 2 heteroatoms. The van der Waals surface area contributed by atoms with E-state index in [2.05, 4.69) is 26.0 Å². The third kappa shape index (κ3) is 4.61. The normalized spacial score (nSPS) is 12.4. The molecule has 0 bridgehead atoms. The molecule has 1 aromatic rings. The van der Waals surface area contributed by atoms with Gasteiger partial charge in [-0.25, -0.2) is 0 Å². The highest BCUT2D eigenvalue weighted by atomic mass is 16.5. The smallest absolute Gasteiger partial charge is 0.165 e. The van der Waals surface area contributed by atoms with E-state index in [0.29, 0.717) is 13.0 Å². The Kier molecular flexibility index (Phi) is 6.66. The number of carbonyl (C=O) groups is 1. The zero-order valence-electron chi connectivity index (χ0n) is 11.7. The SMILES string of the molecule is CCCC(OCC)C(=O)Cc1ccc(CC)cc1. The van der Waals surface area contributed by atoms with Gasteiger partial charge >= 0.3 is 0 Å². The minimum absolute atomic E-state index is 0.197. The van der Waals surface area contributed by atoms with E-state index in [1.807, 2.05) is 19.1 Å². The second-order valence-electron chi connectivity index (χ2n) is 4.55. The minimum atomic E-state index is -0.231. The Balaban J connectivity index is 2.60. The summed E-state index contributed by atoms with van der Waals surface area (Å²) in [6.45, 7) is 6.75. The molecule has 2 nitrogen and oxygen atoms in total.